The molecule has 0 aromatic rings. The monoisotopic (exact) mass is 152 g/mol. The molecule has 2 aliphatic heterocycles. The molecule has 2 heterocycles. The van der Waals surface area contributed by atoms with Gasteiger partial charge in [-0.2, -0.15) is 0 Å². The van der Waals surface area contributed by atoms with Crippen molar-refractivity contribution in [2.75, 3.05) is 0 Å². The normalized spacial score (nSPS) is 42.2. The summed E-state index contributed by atoms with van der Waals surface area (Å²) in [5, 5.41) is 0.333. The standard InChI is InChI=1S/C8H8OS/c9-10-7-3-1-2-4-8(10)6-5-7/h1-8H/t7-,8-/m1/s1. The summed E-state index contributed by atoms with van der Waals surface area (Å²) in [7, 11) is -0.721. The van der Waals surface area contributed by atoms with E-state index < -0.39 is 10.8 Å². The predicted octanol–water partition coefficient (Wildman–Crippen LogP) is 1.17. The van der Waals surface area contributed by atoms with E-state index in [0.717, 1.165) is 0 Å². The summed E-state index contributed by atoms with van der Waals surface area (Å²) >= 11 is 0. The molecule has 2 bridgehead atoms. The third-order valence-electron chi connectivity index (χ3n) is 1.74. The molecule has 0 aliphatic carbocycles. The Labute approximate surface area is 62.6 Å². The van der Waals surface area contributed by atoms with Crippen LogP contribution in [0.1, 0.15) is 0 Å². The van der Waals surface area contributed by atoms with Crippen LogP contribution in [0, 0.1) is 0 Å². The number of hydrogen-bond acceptors (Lipinski definition) is 1. The Bertz CT molecular complexity index is 226. The van der Waals surface area contributed by atoms with E-state index in [1.165, 1.54) is 0 Å². The third-order valence-corrected chi connectivity index (χ3v) is 3.44. The van der Waals surface area contributed by atoms with Crippen molar-refractivity contribution in [2.24, 2.45) is 0 Å². The van der Waals surface area contributed by atoms with E-state index in [4.69, 9.17) is 0 Å². The van der Waals surface area contributed by atoms with E-state index in [2.05, 4.69) is 0 Å². The molecule has 2 rings (SSSR count). The van der Waals surface area contributed by atoms with Gasteiger partial charge in [0.2, 0.25) is 0 Å². The Morgan fingerprint density at radius 1 is 0.900 bits per heavy atom. The van der Waals surface area contributed by atoms with Crippen molar-refractivity contribution in [3.63, 3.8) is 0 Å². The van der Waals surface area contributed by atoms with Crippen molar-refractivity contribution >= 4 is 10.8 Å². The first-order valence-corrected chi connectivity index (χ1v) is 4.58. The van der Waals surface area contributed by atoms with E-state index in [-0.39, 0.29) is 10.5 Å². The molecule has 0 N–H and O–H groups in total. The van der Waals surface area contributed by atoms with Gasteiger partial charge in [-0.15, -0.1) is 0 Å². The number of fused-ring (bicyclic) bond motifs is 2. The van der Waals surface area contributed by atoms with E-state index >= 15 is 0 Å². The highest BCUT2D eigenvalue weighted by molar-refractivity contribution is 7.87. The highest BCUT2D eigenvalue weighted by Crippen LogP contribution is 2.20. The van der Waals surface area contributed by atoms with Crippen LogP contribution in [0.25, 0.3) is 0 Å². The first kappa shape index (κ1) is 6.10. The molecule has 0 aromatic carbocycles. The van der Waals surface area contributed by atoms with Gasteiger partial charge in [-0.3, -0.25) is 4.21 Å². The minimum atomic E-state index is -0.721. The van der Waals surface area contributed by atoms with Gasteiger partial charge in [0, 0.05) is 10.8 Å². The average Bonchev–Trinajstić information content (AvgIpc) is 2.06. The summed E-state index contributed by atoms with van der Waals surface area (Å²) in [5.74, 6) is 0. The van der Waals surface area contributed by atoms with E-state index in [9.17, 15) is 4.21 Å². The number of hydrogen-bond donors (Lipinski definition) is 0. The smallest absolute Gasteiger partial charge is 0.0721 e. The zero-order chi connectivity index (χ0) is 6.97. The Hall–Kier alpha value is -0.630. The van der Waals surface area contributed by atoms with Crippen LogP contribution < -0.4 is 0 Å². The summed E-state index contributed by atoms with van der Waals surface area (Å²) < 4.78 is 11.4. The molecule has 2 heteroatoms. The Kier molecular flexibility index (Phi) is 1.34. The van der Waals surface area contributed by atoms with Crippen LogP contribution in [0.2, 0.25) is 0 Å². The second-order valence-corrected chi connectivity index (χ2v) is 4.16. The van der Waals surface area contributed by atoms with Gasteiger partial charge in [0.15, 0.2) is 0 Å². The van der Waals surface area contributed by atoms with Crippen molar-refractivity contribution < 1.29 is 4.21 Å². The predicted molar refractivity (Wildman–Crippen MR) is 43.1 cm³/mol. The average molecular weight is 152 g/mol. The zero-order valence-corrected chi connectivity index (χ0v) is 6.25. The van der Waals surface area contributed by atoms with Gasteiger partial charge in [0.1, 0.15) is 0 Å². The summed E-state index contributed by atoms with van der Waals surface area (Å²) in [6.07, 6.45) is 11.9. The van der Waals surface area contributed by atoms with E-state index in [1.807, 2.05) is 36.5 Å². The lowest BCUT2D eigenvalue weighted by Crippen LogP contribution is -2.11. The van der Waals surface area contributed by atoms with Gasteiger partial charge in [-0.05, 0) is 0 Å². The molecule has 52 valence electrons. The minimum Gasteiger partial charge on any atom is -0.258 e. The summed E-state index contributed by atoms with van der Waals surface area (Å²) in [6.45, 7) is 0. The maximum atomic E-state index is 11.4. The second kappa shape index (κ2) is 2.20. The second-order valence-electron chi connectivity index (χ2n) is 2.41. The van der Waals surface area contributed by atoms with Crippen molar-refractivity contribution in [3.05, 3.63) is 36.5 Å². The summed E-state index contributed by atoms with van der Waals surface area (Å²) in [5.41, 5.74) is 0. The van der Waals surface area contributed by atoms with Gasteiger partial charge < -0.3 is 0 Å². The van der Waals surface area contributed by atoms with Crippen LogP contribution in [0.15, 0.2) is 36.5 Å². The SMILES string of the molecule is O=S1[C@@H]2C=CC=C[C@@H]1C=C2. The lowest BCUT2D eigenvalue weighted by Gasteiger charge is -2.00. The lowest BCUT2D eigenvalue weighted by atomic mass is 10.2. The largest absolute Gasteiger partial charge is 0.258 e. The molecule has 0 amide bonds. The molecule has 0 radical (unpaired) electrons. The van der Waals surface area contributed by atoms with Crippen molar-refractivity contribution in [1.29, 1.82) is 0 Å². The fourth-order valence-electron chi connectivity index (χ4n) is 1.19. The molecular weight excluding hydrogens is 144 g/mol. The Morgan fingerprint density at radius 2 is 1.40 bits per heavy atom. The highest BCUT2D eigenvalue weighted by atomic mass is 32.2. The van der Waals surface area contributed by atoms with Crippen molar-refractivity contribution in [1.82, 2.24) is 0 Å². The molecule has 0 unspecified atom stereocenters. The first-order valence-electron chi connectivity index (χ1n) is 3.30. The fraction of sp³-hybridized carbons (Fsp3) is 0.250. The molecule has 0 saturated heterocycles. The summed E-state index contributed by atoms with van der Waals surface area (Å²) in [6, 6.07) is 0. The Morgan fingerprint density at radius 3 is 1.90 bits per heavy atom. The van der Waals surface area contributed by atoms with Crippen LogP contribution in [0.3, 0.4) is 0 Å². The molecule has 0 spiro atoms. The molecule has 2 aliphatic rings. The van der Waals surface area contributed by atoms with Gasteiger partial charge in [0.25, 0.3) is 0 Å². The van der Waals surface area contributed by atoms with Gasteiger partial charge in [-0.1, -0.05) is 36.5 Å². The van der Waals surface area contributed by atoms with Crippen LogP contribution in [-0.4, -0.2) is 14.7 Å². The van der Waals surface area contributed by atoms with Crippen molar-refractivity contribution in [3.8, 4) is 0 Å². The summed E-state index contributed by atoms with van der Waals surface area (Å²) in [4.78, 5) is 0. The van der Waals surface area contributed by atoms with Gasteiger partial charge in [0.05, 0.1) is 10.5 Å². The van der Waals surface area contributed by atoms with Crippen molar-refractivity contribution in [2.45, 2.75) is 10.5 Å². The number of rotatable bonds is 0. The number of allylic oxidation sites excluding steroid dienone is 2. The minimum absolute atomic E-state index is 0.167. The molecule has 1 nitrogen and oxygen atoms in total. The van der Waals surface area contributed by atoms with Crippen LogP contribution in [-0.2, 0) is 10.8 Å². The van der Waals surface area contributed by atoms with E-state index in [1.54, 1.807) is 0 Å². The lowest BCUT2D eigenvalue weighted by molar-refractivity contribution is 0.682. The van der Waals surface area contributed by atoms with Crippen LogP contribution >= 0.6 is 0 Å². The van der Waals surface area contributed by atoms with Crippen LogP contribution in [0.5, 0.6) is 0 Å². The molecule has 10 heavy (non-hydrogen) atoms. The molecule has 2 atom stereocenters. The molecule has 0 fully saturated rings. The Balaban J connectivity index is 2.44. The fourth-order valence-corrected chi connectivity index (χ4v) is 2.53. The maximum Gasteiger partial charge on any atom is 0.0721 e. The topological polar surface area (TPSA) is 17.1 Å². The molecule has 0 saturated carbocycles. The highest BCUT2D eigenvalue weighted by Gasteiger charge is 2.24. The van der Waals surface area contributed by atoms with Gasteiger partial charge >= 0.3 is 0 Å². The van der Waals surface area contributed by atoms with Gasteiger partial charge in [-0.25, -0.2) is 0 Å². The van der Waals surface area contributed by atoms with E-state index in [0.29, 0.717) is 0 Å². The zero-order valence-electron chi connectivity index (χ0n) is 5.44. The quantitative estimate of drug-likeness (QED) is 0.476. The first-order chi connectivity index (χ1) is 4.88. The molecule has 0 aromatic heterocycles. The molecular formula is C8H8OS. The maximum absolute atomic E-state index is 11.4. The van der Waals surface area contributed by atoms with Crippen LogP contribution in [0.4, 0.5) is 0 Å². The third kappa shape index (κ3) is 0.797.